The summed E-state index contributed by atoms with van der Waals surface area (Å²) in [6.07, 6.45) is 5.52. The number of nitriles is 1. The van der Waals surface area contributed by atoms with Crippen molar-refractivity contribution in [2.75, 3.05) is 13.2 Å². The maximum Gasteiger partial charge on any atom is 0.272 e. The SMILES string of the molecule is N#Cc1ccc2c(c1)C[C@@H](NC(=O)c1cc3n(n1)CC(CCOC1CCC1)O3)CO2. The van der Waals surface area contributed by atoms with E-state index in [9.17, 15) is 4.79 Å². The molecule has 2 atom stereocenters. The summed E-state index contributed by atoms with van der Waals surface area (Å²) in [5, 5.41) is 16.4. The van der Waals surface area contributed by atoms with Crippen LogP contribution in [0.4, 0.5) is 0 Å². The second-order valence-electron chi connectivity index (χ2n) is 8.12. The van der Waals surface area contributed by atoms with Gasteiger partial charge in [-0.15, -0.1) is 0 Å². The number of ether oxygens (including phenoxy) is 3. The van der Waals surface area contributed by atoms with Gasteiger partial charge in [-0.2, -0.15) is 10.4 Å². The molecule has 8 heteroatoms. The molecule has 1 aromatic heterocycles. The number of aromatic nitrogens is 2. The number of nitrogens with zero attached hydrogens (tertiary/aromatic N) is 3. The topological polar surface area (TPSA) is 98.4 Å². The molecule has 1 fully saturated rings. The van der Waals surface area contributed by atoms with Crippen molar-refractivity contribution < 1.29 is 19.0 Å². The minimum absolute atomic E-state index is 0.0438. The van der Waals surface area contributed by atoms with Gasteiger partial charge in [0.15, 0.2) is 5.69 Å². The fourth-order valence-corrected chi connectivity index (χ4v) is 4.01. The van der Waals surface area contributed by atoms with Crippen molar-refractivity contribution in [2.24, 2.45) is 0 Å². The van der Waals surface area contributed by atoms with E-state index in [-0.39, 0.29) is 18.1 Å². The third kappa shape index (κ3) is 3.85. The maximum atomic E-state index is 12.7. The molecule has 1 saturated carbocycles. The molecule has 1 N–H and O–H groups in total. The summed E-state index contributed by atoms with van der Waals surface area (Å²) in [5.74, 6) is 1.14. The van der Waals surface area contributed by atoms with Gasteiger partial charge in [0.25, 0.3) is 5.91 Å². The Morgan fingerprint density at radius 2 is 2.27 bits per heavy atom. The molecular formula is C22H24N4O4. The smallest absolute Gasteiger partial charge is 0.272 e. The summed E-state index contributed by atoms with van der Waals surface area (Å²) in [6, 6.07) is 8.99. The van der Waals surface area contributed by atoms with E-state index in [2.05, 4.69) is 16.5 Å². The first-order valence-corrected chi connectivity index (χ1v) is 10.5. The fourth-order valence-electron chi connectivity index (χ4n) is 4.01. The van der Waals surface area contributed by atoms with Crippen LogP contribution in [0.3, 0.4) is 0 Å². The Labute approximate surface area is 174 Å². The van der Waals surface area contributed by atoms with Crippen LogP contribution in [0.15, 0.2) is 24.3 Å². The van der Waals surface area contributed by atoms with Crippen molar-refractivity contribution in [2.45, 2.75) is 56.9 Å². The van der Waals surface area contributed by atoms with Gasteiger partial charge in [0, 0.05) is 12.5 Å². The quantitative estimate of drug-likeness (QED) is 0.787. The van der Waals surface area contributed by atoms with Crippen molar-refractivity contribution in [1.82, 2.24) is 15.1 Å². The highest BCUT2D eigenvalue weighted by Gasteiger charge is 2.29. The first-order valence-electron chi connectivity index (χ1n) is 10.5. The van der Waals surface area contributed by atoms with Crippen molar-refractivity contribution in [3.05, 3.63) is 41.1 Å². The molecule has 0 bridgehead atoms. The lowest BCUT2D eigenvalue weighted by Gasteiger charge is -2.26. The van der Waals surface area contributed by atoms with Crippen LogP contribution in [0.1, 0.15) is 47.3 Å². The average Bonchev–Trinajstić information content (AvgIpc) is 3.28. The first kappa shape index (κ1) is 18.9. The lowest BCUT2D eigenvalue weighted by atomic mass is 9.96. The van der Waals surface area contributed by atoms with E-state index in [0.717, 1.165) is 17.7 Å². The normalized spacial score (nSPS) is 22.1. The van der Waals surface area contributed by atoms with Crippen LogP contribution < -0.4 is 14.8 Å². The lowest BCUT2D eigenvalue weighted by molar-refractivity contribution is -0.00855. The van der Waals surface area contributed by atoms with E-state index in [1.165, 1.54) is 19.3 Å². The molecule has 1 aliphatic carbocycles. The average molecular weight is 408 g/mol. The monoisotopic (exact) mass is 408 g/mol. The highest BCUT2D eigenvalue weighted by Crippen LogP contribution is 2.27. The predicted molar refractivity (Wildman–Crippen MR) is 106 cm³/mol. The van der Waals surface area contributed by atoms with Gasteiger partial charge in [-0.1, -0.05) is 0 Å². The Kier molecular flexibility index (Phi) is 5.05. The Morgan fingerprint density at radius 1 is 1.37 bits per heavy atom. The molecule has 0 radical (unpaired) electrons. The molecule has 0 saturated heterocycles. The number of nitrogens with one attached hydrogen (secondary N) is 1. The van der Waals surface area contributed by atoms with E-state index in [0.29, 0.717) is 49.4 Å². The van der Waals surface area contributed by atoms with Crippen LogP contribution in [-0.4, -0.2) is 47.2 Å². The molecule has 0 spiro atoms. The highest BCUT2D eigenvalue weighted by atomic mass is 16.5. The van der Waals surface area contributed by atoms with Gasteiger partial charge in [-0.3, -0.25) is 4.79 Å². The van der Waals surface area contributed by atoms with Crippen molar-refractivity contribution >= 4 is 5.91 Å². The van der Waals surface area contributed by atoms with Crippen molar-refractivity contribution in [1.29, 1.82) is 5.26 Å². The molecular weight excluding hydrogens is 384 g/mol. The zero-order valence-electron chi connectivity index (χ0n) is 16.7. The zero-order chi connectivity index (χ0) is 20.5. The van der Waals surface area contributed by atoms with Gasteiger partial charge in [-0.05, 0) is 49.4 Å². The Balaban J connectivity index is 1.14. The molecule has 2 aliphatic heterocycles. The Hall–Kier alpha value is -3.05. The molecule has 1 unspecified atom stereocenters. The fraction of sp³-hybridized carbons (Fsp3) is 0.500. The number of hydrogen-bond donors (Lipinski definition) is 1. The van der Waals surface area contributed by atoms with Gasteiger partial charge in [0.05, 0.1) is 36.9 Å². The van der Waals surface area contributed by atoms with Gasteiger partial charge in [-0.25, -0.2) is 4.68 Å². The van der Waals surface area contributed by atoms with Crippen LogP contribution in [-0.2, 0) is 17.7 Å². The maximum absolute atomic E-state index is 12.7. The van der Waals surface area contributed by atoms with Gasteiger partial charge >= 0.3 is 0 Å². The van der Waals surface area contributed by atoms with Crippen LogP contribution in [0, 0.1) is 11.3 Å². The van der Waals surface area contributed by atoms with E-state index in [4.69, 9.17) is 19.5 Å². The van der Waals surface area contributed by atoms with Gasteiger partial charge < -0.3 is 19.5 Å². The third-order valence-electron chi connectivity index (χ3n) is 5.92. The molecule has 5 rings (SSSR count). The van der Waals surface area contributed by atoms with Crippen LogP contribution in [0.2, 0.25) is 0 Å². The molecule has 2 aromatic rings. The Morgan fingerprint density at radius 3 is 3.03 bits per heavy atom. The predicted octanol–water partition coefficient (Wildman–Crippen LogP) is 2.21. The number of hydrogen-bond acceptors (Lipinski definition) is 6. The summed E-state index contributed by atoms with van der Waals surface area (Å²) < 4.78 is 19.2. The largest absolute Gasteiger partial charge is 0.491 e. The second-order valence-corrected chi connectivity index (χ2v) is 8.12. The summed E-state index contributed by atoms with van der Waals surface area (Å²) in [6.45, 7) is 1.72. The number of amides is 1. The summed E-state index contributed by atoms with van der Waals surface area (Å²) in [7, 11) is 0. The number of benzene rings is 1. The molecule has 30 heavy (non-hydrogen) atoms. The van der Waals surface area contributed by atoms with Gasteiger partial charge in [0.2, 0.25) is 5.88 Å². The number of fused-ring (bicyclic) bond motifs is 2. The minimum Gasteiger partial charge on any atom is -0.491 e. The van der Waals surface area contributed by atoms with Crippen molar-refractivity contribution in [3.8, 4) is 17.7 Å². The van der Waals surface area contributed by atoms with Crippen molar-refractivity contribution in [3.63, 3.8) is 0 Å². The summed E-state index contributed by atoms with van der Waals surface area (Å²) in [4.78, 5) is 12.7. The standard InChI is InChI=1S/C22H24N4O4/c23-11-14-4-5-20-15(8-14)9-16(13-29-20)24-22(27)19-10-21-26(25-19)12-18(30-21)6-7-28-17-2-1-3-17/h4-5,8,10,16-18H,1-3,6-7,9,12-13H2,(H,24,27)/t16-,18?/m1/s1. The second kappa shape index (κ2) is 8.00. The molecule has 3 aliphatic rings. The molecule has 8 nitrogen and oxygen atoms in total. The zero-order valence-corrected chi connectivity index (χ0v) is 16.7. The number of rotatable bonds is 6. The summed E-state index contributed by atoms with van der Waals surface area (Å²) in [5.41, 5.74) is 1.85. The van der Waals surface area contributed by atoms with E-state index >= 15 is 0 Å². The van der Waals surface area contributed by atoms with Crippen LogP contribution in [0.5, 0.6) is 11.6 Å². The van der Waals surface area contributed by atoms with E-state index < -0.39 is 0 Å². The number of carbonyl (C=O) groups is 1. The molecule has 1 aromatic carbocycles. The third-order valence-corrected chi connectivity index (χ3v) is 5.92. The molecule has 1 amide bonds. The molecule has 3 heterocycles. The van der Waals surface area contributed by atoms with Crippen LogP contribution >= 0.6 is 0 Å². The number of carbonyl (C=O) groups excluding carboxylic acids is 1. The van der Waals surface area contributed by atoms with Crippen LogP contribution in [0.25, 0.3) is 0 Å². The lowest BCUT2D eigenvalue weighted by Crippen LogP contribution is -2.43. The van der Waals surface area contributed by atoms with E-state index in [1.807, 2.05) is 6.07 Å². The minimum atomic E-state index is -0.251. The highest BCUT2D eigenvalue weighted by molar-refractivity contribution is 5.92. The van der Waals surface area contributed by atoms with E-state index in [1.54, 1.807) is 22.9 Å². The van der Waals surface area contributed by atoms with Gasteiger partial charge in [0.1, 0.15) is 18.5 Å². The summed E-state index contributed by atoms with van der Waals surface area (Å²) >= 11 is 0. The molecule has 156 valence electrons. The first-order chi connectivity index (χ1) is 14.7. The Bertz CT molecular complexity index is 968.